The van der Waals surface area contributed by atoms with Crippen LogP contribution in [0, 0.1) is 6.92 Å². The molecular formula is C16H24BNO6. The summed E-state index contributed by atoms with van der Waals surface area (Å²) in [5.41, 5.74) is 0.978. The molecule has 1 aromatic carbocycles. The van der Waals surface area contributed by atoms with Gasteiger partial charge in [0.15, 0.2) is 0 Å². The van der Waals surface area contributed by atoms with Gasteiger partial charge < -0.3 is 19.5 Å². The van der Waals surface area contributed by atoms with Crippen LogP contribution in [0.15, 0.2) is 12.1 Å². The third-order valence-electron chi connectivity index (χ3n) is 3.36. The lowest BCUT2D eigenvalue weighted by Crippen LogP contribution is -2.38. The van der Waals surface area contributed by atoms with Gasteiger partial charge in [0.25, 0.3) is 0 Å². The molecule has 1 rings (SSSR count). The summed E-state index contributed by atoms with van der Waals surface area (Å²) in [5.74, 6) is -0.469. The molecule has 0 bridgehead atoms. The van der Waals surface area contributed by atoms with Crippen molar-refractivity contribution in [3.05, 3.63) is 23.3 Å². The van der Waals surface area contributed by atoms with Crippen LogP contribution in [0.3, 0.4) is 0 Å². The molecule has 0 aliphatic carbocycles. The summed E-state index contributed by atoms with van der Waals surface area (Å²) in [7, 11) is 1.06. The van der Waals surface area contributed by atoms with Crippen LogP contribution >= 0.6 is 0 Å². The first-order chi connectivity index (χ1) is 11.0. The van der Waals surface area contributed by atoms with Crippen molar-refractivity contribution in [3.63, 3.8) is 0 Å². The Labute approximate surface area is 142 Å². The van der Waals surface area contributed by atoms with E-state index < -0.39 is 24.8 Å². The number of rotatable bonds is 4. The number of amides is 1. The zero-order valence-corrected chi connectivity index (χ0v) is 14.9. The minimum absolute atomic E-state index is 0.0499. The monoisotopic (exact) mass is 337 g/mol. The molecule has 1 aromatic rings. The van der Waals surface area contributed by atoms with Crippen molar-refractivity contribution in [3.8, 4) is 0 Å². The van der Waals surface area contributed by atoms with Gasteiger partial charge in [-0.2, -0.15) is 0 Å². The summed E-state index contributed by atoms with van der Waals surface area (Å²) in [6, 6.07) is 3.13. The number of anilines is 1. The Balaban J connectivity index is 3.29. The molecule has 24 heavy (non-hydrogen) atoms. The van der Waals surface area contributed by atoms with Crippen LogP contribution in [0.1, 0.15) is 31.9 Å². The number of methoxy groups -OCH3 is 1. The minimum atomic E-state index is -1.73. The Kier molecular flexibility index (Phi) is 6.39. The highest BCUT2D eigenvalue weighted by molar-refractivity contribution is 6.59. The molecule has 0 saturated heterocycles. The SMILES string of the molecule is COC(=O)Cc1cc(B(O)O)c(C)c(N(C)C(=O)OC(C)(C)C)c1. The maximum atomic E-state index is 12.3. The van der Waals surface area contributed by atoms with Crippen molar-refractivity contribution in [2.45, 2.75) is 39.7 Å². The molecule has 0 saturated carbocycles. The number of benzene rings is 1. The van der Waals surface area contributed by atoms with Gasteiger partial charge in [-0.15, -0.1) is 0 Å². The van der Waals surface area contributed by atoms with Gasteiger partial charge in [-0.05, 0) is 50.4 Å². The van der Waals surface area contributed by atoms with Crippen molar-refractivity contribution in [1.82, 2.24) is 0 Å². The van der Waals surface area contributed by atoms with E-state index in [0.29, 0.717) is 16.8 Å². The molecule has 0 fully saturated rings. The smallest absolute Gasteiger partial charge is 0.469 e. The summed E-state index contributed by atoms with van der Waals surface area (Å²) in [5, 5.41) is 19.1. The molecule has 132 valence electrons. The zero-order valence-electron chi connectivity index (χ0n) is 14.9. The molecule has 0 heterocycles. The lowest BCUT2D eigenvalue weighted by atomic mass is 9.75. The van der Waals surface area contributed by atoms with Crippen LogP contribution in [-0.2, 0) is 20.7 Å². The molecule has 0 atom stereocenters. The molecule has 0 radical (unpaired) electrons. The molecule has 8 heteroatoms. The lowest BCUT2D eigenvalue weighted by Gasteiger charge is -2.26. The van der Waals surface area contributed by atoms with Crippen LogP contribution in [0.25, 0.3) is 0 Å². The number of esters is 1. The van der Waals surface area contributed by atoms with Gasteiger partial charge in [0, 0.05) is 12.7 Å². The molecule has 0 aliphatic heterocycles. The third-order valence-corrected chi connectivity index (χ3v) is 3.36. The normalized spacial score (nSPS) is 11.0. The highest BCUT2D eigenvalue weighted by Gasteiger charge is 2.25. The number of carbonyl (C=O) groups is 2. The van der Waals surface area contributed by atoms with E-state index in [1.54, 1.807) is 33.8 Å². The van der Waals surface area contributed by atoms with Crippen LogP contribution in [0.4, 0.5) is 10.5 Å². The summed E-state index contributed by atoms with van der Waals surface area (Å²) in [4.78, 5) is 25.0. The number of hydrogen-bond acceptors (Lipinski definition) is 6. The van der Waals surface area contributed by atoms with Crippen molar-refractivity contribution in [1.29, 1.82) is 0 Å². The quantitative estimate of drug-likeness (QED) is 0.622. The Bertz CT molecular complexity index is 624. The van der Waals surface area contributed by atoms with E-state index in [-0.39, 0.29) is 11.9 Å². The van der Waals surface area contributed by atoms with Crippen molar-refractivity contribution in [2.24, 2.45) is 0 Å². The highest BCUT2D eigenvalue weighted by Crippen LogP contribution is 2.22. The average Bonchev–Trinajstić information content (AvgIpc) is 2.45. The van der Waals surface area contributed by atoms with Gasteiger partial charge in [-0.3, -0.25) is 9.69 Å². The average molecular weight is 337 g/mol. The fourth-order valence-corrected chi connectivity index (χ4v) is 2.17. The van der Waals surface area contributed by atoms with E-state index in [0.717, 1.165) is 0 Å². The fourth-order valence-electron chi connectivity index (χ4n) is 2.17. The molecule has 7 nitrogen and oxygen atoms in total. The summed E-state index contributed by atoms with van der Waals surface area (Å²) in [6.45, 7) is 6.92. The van der Waals surface area contributed by atoms with Gasteiger partial charge in [-0.25, -0.2) is 4.79 Å². The molecule has 0 spiro atoms. The Morgan fingerprint density at radius 3 is 2.29 bits per heavy atom. The second-order valence-electron chi connectivity index (χ2n) is 6.50. The van der Waals surface area contributed by atoms with Gasteiger partial charge in [0.05, 0.1) is 13.5 Å². The lowest BCUT2D eigenvalue weighted by molar-refractivity contribution is -0.139. The van der Waals surface area contributed by atoms with Crippen LogP contribution in [-0.4, -0.2) is 49.0 Å². The summed E-state index contributed by atoms with van der Waals surface area (Å²) in [6.07, 6.45) is -0.634. The number of nitrogens with zero attached hydrogens (tertiary/aromatic N) is 1. The minimum Gasteiger partial charge on any atom is -0.469 e. The fraction of sp³-hybridized carbons (Fsp3) is 0.500. The number of ether oxygens (including phenoxy) is 2. The highest BCUT2D eigenvalue weighted by atomic mass is 16.6. The van der Waals surface area contributed by atoms with Gasteiger partial charge >= 0.3 is 19.2 Å². The number of carbonyl (C=O) groups excluding carboxylic acids is 2. The van der Waals surface area contributed by atoms with E-state index in [1.165, 1.54) is 25.1 Å². The molecular weight excluding hydrogens is 313 g/mol. The molecule has 0 unspecified atom stereocenters. The van der Waals surface area contributed by atoms with E-state index in [4.69, 9.17) is 4.74 Å². The van der Waals surface area contributed by atoms with Crippen LogP contribution in [0.5, 0.6) is 0 Å². The van der Waals surface area contributed by atoms with Gasteiger partial charge in [-0.1, -0.05) is 6.07 Å². The first-order valence-corrected chi connectivity index (χ1v) is 7.49. The predicted molar refractivity (Wildman–Crippen MR) is 91.4 cm³/mol. The molecule has 2 N–H and O–H groups in total. The molecule has 0 aliphatic rings. The summed E-state index contributed by atoms with van der Waals surface area (Å²) >= 11 is 0. The van der Waals surface area contributed by atoms with Crippen LogP contribution < -0.4 is 10.4 Å². The van der Waals surface area contributed by atoms with Crippen molar-refractivity contribution >= 4 is 30.3 Å². The van der Waals surface area contributed by atoms with Crippen LogP contribution in [0.2, 0.25) is 0 Å². The van der Waals surface area contributed by atoms with Gasteiger partial charge in [0.2, 0.25) is 0 Å². The predicted octanol–water partition coefficient (Wildman–Crippen LogP) is 0.762. The van der Waals surface area contributed by atoms with E-state index in [2.05, 4.69) is 4.74 Å². The largest absolute Gasteiger partial charge is 0.488 e. The van der Waals surface area contributed by atoms with E-state index in [9.17, 15) is 19.6 Å². The first kappa shape index (κ1) is 20.0. The third kappa shape index (κ3) is 5.24. The first-order valence-electron chi connectivity index (χ1n) is 7.49. The second-order valence-corrected chi connectivity index (χ2v) is 6.50. The van der Waals surface area contributed by atoms with Crippen molar-refractivity contribution in [2.75, 3.05) is 19.1 Å². The van der Waals surface area contributed by atoms with E-state index in [1.807, 2.05) is 0 Å². The maximum Gasteiger partial charge on any atom is 0.488 e. The Morgan fingerprint density at radius 1 is 1.25 bits per heavy atom. The standard InChI is InChI=1S/C16H24BNO6/c1-10-12(17(21)22)7-11(9-14(19)23-6)8-13(10)18(5)15(20)24-16(2,3)4/h7-8,21-22H,9H2,1-6H3. The van der Waals surface area contributed by atoms with E-state index >= 15 is 0 Å². The zero-order chi connectivity index (χ0) is 18.7. The van der Waals surface area contributed by atoms with Crippen molar-refractivity contribution < 1.29 is 29.1 Å². The molecule has 1 amide bonds. The Morgan fingerprint density at radius 2 is 1.83 bits per heavy atom. The second kappa shape index (κ2) is 7.68. The summed E-state index contributed by atoms with van der Waals surface area (Å²) < 4.78 is 9.95. The molecule has 0 aromatic heterocycles. The van der Waals surface area contributed by atoms with Gasteiger partial charge in [0.1, 0.15) is 5.60 Å². The topological polar surface area (TPSA) is 96.3 Å². The Hall–Kier alpha value is -2.06. The number of hydrogen-bond donors (Lipinski definition) is 2. The maximum absolute atomic E-state index is 12.3.